The van der Waals surface area contributed by atoms with Crippen LogP contribution in [-0.4, -0.2) is 76.9 Å². The van der Waals surface area contributed by atoms with E-state index >= 15 is 0 Å². The Hall–Kier alpha value is -2.71. The third-order valence-electron chi connectivity index (χ3n) is 6.80. The molecule has 2 aliphatic rings. The van der Waals surface area contributed by atoms with Gasteiger partial charge >= 0.3 is 0 Å². The summed E-state index contributed by atoms with van der Waals surface area (Å²) in [6.45, 7) is 4.42. The van der Waals surface area contributed by atoms with Gasteiger partial charge in [-0.2, -0.15) is 5.10 Å². The number of morpholine rings is 1. The smallest absolute Gasteiger partial charge is 0.259 e. The van der Waals surface area contributed by atoms with Crippen LogP contribution in [-0.2, 0) is 4.74 Å². The number of ether oxygens (including phenoxy) is 1. The lowest BCUT2D eigenvalue weighted by molar-refractivity contribution is -0.0306. The molecule has 5 rings (SSSR count). The number of hydrogen-bond donors (Lipinski definition) is 1. The summed E-state index contributed by atoms with van der Waals surface area (Å²) in [6, 6.07) is 4.19. The minimum absolute atomic E-state index is 0.00956. The van der Waals surface area contributed by atoms with E-state index < -0.39 is 0 Å². The fourth-order valence-corrected chi connectivity index (χ4v) is 5.24. The Bertz CT molecular complexity index is 1220. The second-order valence-corrected chi connectivity index (χ2v) is 9.46. The van der Waals surface area contributed by atoms with Gasteiger partial charge in [-0.05, 0) is 51.6 Å². The fraction of sp³-hybridized carbons (Fsp3) is 0.542. The number of aromatic nitrogens is 3. The Kier molecular flexibility index (Phi) is 5.51. The van der Waals surface area contributed by atoms with E-state index in [9.17, 15) is 9.59 Å². The summed E-state index contributed by atoms with van der Waals surface area (Å²) in [6.07, 6.45) is 6.19. The first-order valence-corrected chi connectivity index (χ1v) is 11.5. The van der Waals surface area contributed by atoms with E-state index in [-0.39, 0.29) is 17.6 Å². The van der Waals surface area contributed by atoms with Crippen molar-refractivity contribution in [2.75, 3.05) is 40.3 Å². The number of aryl methyl sites for hydroxylation is 1. The average molecular weight is 438 g/mol. The monoisotopic (exact) mass is 437 g/mol. The standard InChI is InChI=1S/C24H31N5O3/c1-15-10-21-19(11-18(15)24(31)28-8-9-32-17(14-28)13-27(2)3)22-20(23(30)26-21)12-25-29(22)16-6-4-5-7-16/h10-12,16-17H,4-9,13-14H2,1-3H3,(H,26,30). The van der Waals surface area contributed by atoms with Crippen molar-refractivity contribution in [3.63, 3.8) is 0 Å². The molecule has 8 nitrogen and oxygen atoms in total. The molecule has 2 fully saturated rings. The third kappa shape index (κ3) is 3.71. The van der Waals surface area contributed by atoms with Crippen LogP contribution in [0.15, 0.2) is 23.1 Å². The minimum Gasteiger partial charge on any atom is -0.373 e. The number of H-pyrrole nitrogens is 1. The van der Waals surface area contributed by atoms with Crippen LogP contribution in [0.5, 0.6) is 0 Å². The van der Waals surface area contributed by atoms with E-state index in [0.717, 1.165) is 41.4 Å². The van der Waals surface area contributed by atoms with E-state index in [1.54, 1.807) is 6.20 Å². The van der Waals surface area contributed by atoms with Crippen molar-refractivity contribution in [2.24, 2.45) is 0 Å². The zero-order chi connectivity index (χ0) is 22.4. The topological polar surface area (TPSA) is 83.5 Å². The molecular weight excluding hydrogens is 406 g/mol. The van der Waals surface area contributed by atoms with Gasteiger partial charge in [0.25, 0.3) is 11.5 Å². The normalized spacial score (nSPS) is 20.1. The quantitative estimate of drug-likeness (QED) is 0.679. The molecule has 1 saturated heterocycles. The molecule has 1 aromatic carbocycles. The van der Waals surface area contributed by atoms with Crippen molar-refractivity contribution < 1.29 is 9.53 Å². The predicted molar refractivity (Wildman–Crippen MR) is 124 cm³/mol. The fourth-order valence-electron chi connectivity index (χ4n) is 5.24. The van der Waals surface area contributed by atoms with Gasteiger partial charge in [0.15, 0.2) is 0 Å². The Morgan fingerprint density at radius 1 is 1.25 bits per heavy atom. The first-order chi connectivity index (χ1) is 15.4. The number of carbonyl (C=O) groups is 1. The van der Waals surface area contributed by atoms with Gasteiger partial charge in [0, 0.05) is 30.6 Å². The van der Waals surface area contributed by atoms with Crippen molar-refractivity contribution >= 4 is 27.7 Å². The first kappa shape index (κ1) is 21.2. The zero-order valence-corrected chi connectivity index (χ0v) is 19.1. The molecule has 32 heavy (non-hydrogen) atoms. The summed E-state index contributed by atoms with van der Waals surface area (Å²) in [5, 5.41) is 6.07. The number of fused-ring (bicyclic) bond motifs is 3. The number of pyridine rings is 1. The number of amides is 1. The van der Waals surface area contributed by atoms with Crippen LogP contribution in [0.4, 0.5) is 0 Å². The van der Waals surface area contributed by atoms with Crippen LogP contribution >= 0.6 is 0 Å². The van der Waals surface area contributed by atoms with Gasteiger partial charge in [-0.15, -0.1) is 0 Å². The van der Waals surface area contributed by atoms with E-state index in [1.165, 1.54) is 12.8 Å². The zero-order valence-electron chi connectivity index (χ0n) is 19.1. The summed E-state index contributed by atoms with van der Waals surface area (Å²) in [5.74, 6) is 0.0164. The van der Waals surface area contributed by atoms with Gasteiger partial charge in [-0.25, -0.2) is 0 Å². The lowest BCUT2D eigenvalue weighted by Crippen LogP contribution is -2.48. The maximum Gasteiger partial charge on any atom is 0.259 e. The number of rotatable bonds is 4. The highest BCUT2D eigenvalue weighted by atomic mass is 16.5. The van der Waals surface area contributed by atoms with Crippen LogP contribution in [0.2, 0.25) is 0 Å². The Labute approximate surface area is 187 Å². The SMILES string of the molecule is Cc1cc2[nH]c(=O)c3cnn(C4CCCC4)c3c2cc1C(=O)N1CCOC(CN(C)C)C1. The molecule has 1 atom stereocenters. The maximum atomic E-state index is 13.5. The number of nitrogens with zero attached hydrogens (tertiary/aromatic N) is 4. The first-order valence-electron chi connectivity index (χ1n) is 11.5. The number of nitrogens with one attached hydrogen (secondary N) is 1. The molecule has 1 aliphatic heterocycles. The average Bonchev–Trinajstić information content (AvgIpc) is 3.43. The van der Waals surface area contributed by atoms with Crippen LogP contribution < -0.4 is 5.56 Å². The summed E-state index contributed by atoms with van der Waals surface area (Å²) < 4.78 is 7.87. The van der Waals surface area contributed by atoms with Gasteiger partial charge in [0.1, 0.15) is 0 Å². The van der Waals surface area contributed by atoms with E-state index in [2.05, 4.69) is 15.0 Å². The van der Waals surface area contributed by atoms with Crippen molar-refractivity contribution in [3.05, 3.63) is 39.8 Å². The van der Waals surface area contributed by atoms with Crippen LogP contribution in [0, 0.1) is 6.92 Å². The minimum atomic E-state index is -0.130. The summed E-state index contributed by atoms with van der Waals surface area (Å²) >= 11 is 0. The molecule has 1 saturated carbocycles. The number of benzene rings is 1. The molecule has 0 bridgehead atoms. The second-order valence-electron chi connectivity index (χ2n) is 9.46. The van der Waals surface area contributed by atoms with Crippen molar-refractivity contribution in [3.8, 4) is 0 Å². The third-order valence-corrected chi connectivity index (χ3v) is 6.80. The highest BCUT2D eigenvalue weighted by molar-refractivity contribution is 6.07. The van der Waals surface area contributed by atoms with Gasteiger partial charge < -0.3 is 19.5 Å². The number of aromatic amines is 1. The highest BCUT2D eigenvalue weighted by Gasteiger charge is 2.27. The number of carbonyl (C=O) groups excluding carboxylic acids is 1. The summed E-state index contributed by atoms with van der Waals surface area (Å²) in [5.41, 5.74) is 3.01. The molecule has 170 valence electrons. The molecule has 1 amide bonds. The maximum absolute atomic E-state index is 13.5. The van der Waals surface area contributed by atoms with Crippen LogP contribution in [0.25, 0.3) is 21.8 Å². The molecule has 2 aromatic heterocycles. The highest BCUT2D eigenvalue weighted by Crippen LogP contribution is 2.34. The van der Waals surface area contributed by atoms with Gasteiger partial charge in [-0.1, -0.05) is 12.8 Å². The largest absolute Gasteiger partial charge is 0.373 e. The summed E-state index contributed by atoms with van der Waals surface area (Å²) in [4.78, 5) is 33.2. The molecule has 3 heterocycles. The molecule has 8 heteroatoms. The Morgan fingerprint density at radius 2 is 2.03 bits per heavy atom. The van der Waals surface area contributed by atoms with Crippen molar-refractivity contribution in [2.45, 2.75) is 44.8 Å². The summed E-state index contributed by atoms with van der Waals surface area (Å²) in [7, 11) is 4.02. The van der Waals surface area contributed by atoms with Crippen molar-refractivity contribution in [1.82, 2.24) is 24.6 Å². The van der Waals surface area contributed by atoms with E-state index in [0.29, 0.717) is 36.7 Å². The van der Waals surface area contributed by atoms with E-state index in [4.69, 9.17) is 4.74 Å². The molecule has 1 aliphatic carbocycles. The molecular formula is C24H31N5O3. The van der Waals surface area contributed by atoms with Crippen LogP contribution in [0.1, 0.15) is 47.6 Å². The number of likely N-dealkylation sites (N-methyl/N-ethyl adjacent to an activating group) is 1. The Balaban J connectivity index is 1.58. The molecule has 1 unspecified atom stereocenters. The van der Waals surface area contributed by atoms with E-state index in [1.807, 2.05) is 42.7 Å². The van der Waals surface area contributed by atoms with Crippen molar-refractivity contribution in [1.29, 1.82) is 0 Å². The van der Waals surface area contributed by atoms with Gasteiger partial charge in [0.05, 0.1) is 41.4 Å². The molecule has 0 spiro atoms. The lowest BCUT2D eigenvalue weighted by Gasteiger charge is -2.34. The van der Waals surface area contributed by atoms with Gasteiger partial charge in [-0.3, -0.25) is 14.3 Å². The molecule has 0 radical (unpaired) electrons. The number of hydrogen-bond acceptors (Lipinski definition) is 5. The van der Waals surface area contributed by atoms with Gasteiger partial charge in [0.2, 0.25) is 0 Å². The molecule has 1 N–H and O–H groups in total. The van der Waals surface area contributed by atoms with Crippen LogP contribution in [0.3, 0.4) is 0 Å². The Morgan fingerprint density at radius 3 is 2.78 bits per heavy atom. The molecule has 3 aromatic rings. The predicted octanol–water partition coefficient (Wildman–Crippen LogP) is 2.70. The lowest BCUT2D eigenvalue weighted by atomic mass is 10.0. The second kappa shape index (κ2) is 8.33.